The van der Waals surface area contributed by atoms with Gasteiger partial charge in [-0.1, -0.05) is 6.92 Å². The summed E-state index contributed by atoms with van der Waals surface area (Å²) >= 11 is 0. The Morgan fingerprint density at radius 1 is 1.33 bits per heavy atom. The van der Waals surface area contributed by atoms with Crippen molar-refractivity contribution in [1.82, 2.24) is 10.2 Å². The fourth-order valence-corrected chi connectivity index (χ4v) is 3.12. The first-order valence-corrected chi connectivity index (χ1v) is 8.81. The molecule has 3 N–H and O–H groups in total. The van der Waals surface area contributed by atoms with Crippen molar-refractivity contribution in [2.75, 3.05) is 44.2 Å². The third-order valence-electron chi connectivity index (χ3n) is 4.60. The zero-order valence-electron chi connectivity index (χ0n) is 14.7. The number of nitrogens with one attached hydrogen (secondary N) is 1. The predicted molar refractivity (Wildman–Crippen MR) is 95.6 cm³/mol. The molecule has 1 saturated heterocycles. The lowest BCUT2D eigenvalue weighted by atomic mass is 10.0. The van der Waals surface area contributed by atoms with E-state index in [2.05, 4.69) is 22.0 Å². The van der Waals surface area contributed by atoms with Crippen LogP contribution in [-0.4, -0.2) is 50.1 Å². The summed E-state index contributed by atoms with van der Waals surface area (Å²) in [5.74, 6) is -0.317. The minimum Gasteiger partial charge on any atom is -0.369 e. The first-order valence-electron chi connectivity index (χ1n) is 8.81. The van der Waals surface area contributed by atoms with E-state index in [4.69, 9.17) is 5.73 Å². The Balaban J connectivity index is 2.11. The minimum atomic E-state index is -0.274. The lowest BCUT2D eigenvalue weighted by molar-refractivity contribution is -0.121. The number of amides is 1. The van der Waals surface area contributed by atoms with Crippen molar-refractivity contribution < 1.29 is 9.18 Å². The van der Waals surface area contributed by atoms with Crippen LogP contribution < -0.4 is 16.0 Å². The van der Waals surface area contributed by atoms with E-state index in [0.717, 1.165) is 44.0 Å². The number of piperazine rings is 1. The highest BCUT2D eigenvalue weighted by Gasteiger charge is 2.21. The zero-order valence-corrected chi connectivity index (χ0v) is 14.7. The van der Waals surface area contributed by atoms with Gasteiger partial charge in [-0.05, 0) is 44.6 Å². The van der Waals surface area contributed by atoms with Gasteiger partial charge in [-0.2, -0.15) is 0 Å². The van der Waals surface area contributed by atoms with Gasteiger partial charge >= 0.3 is 0 Å². The van der Waals surface area contributed by atoms with Crippen LogP contribution in [0.4, 0.5) is 10.1 Å². The molecule has 1 unspecified atom stereocenters. The Morgan fingerprint density at radius 2 is 2.04 bits per heavy atom. The normalized spacial score (nSPS) is 16.9. The van der Waals surface area contributed by atoms with Gasteiger partial charge in [-0.15, -0.1) is 0 Å². The summed E-state index contributed by atoms with van der Waals surface area (Å²) in [5, 5.41) is 2.96. The first-order chi connectivity index (χ1) is 11.5. The molecule has 1 fully saturated rings. The second kappa shape index (κ2) is 8.99. The molecule has 5 nitrogen and oxygen atoms in total. The predicted octanol–water partition coefficient (Wildman–Crippen LogP) is 1.88. The molecule has 1 aromatic carbocycles. The van der Waals surface area contributed by atoms with Gasteiger partial charge in [-0.3, -0.25) is 4.79 Å². The molecule has 6 heteroatoms. The van der Waals surface area contributed by atoms with Gasteiger partial charge < -0.3 is 20.9 Å². The number of halogens is 1. The Labute approximate surface area is 144 Å². The van der Waals surface area contributed by atoms with Crippen LogP contribution in [0, 0.1) is 5.82 Å². The molecular formula is C18H29FN4O. The van der Waals surface area contributed by atoms with E-state index in [1.54, 1.807) is 0 Å². The largest absolute Gasteiger partial charge is 0.369 e. The second-order valence-electron chi connectivity index (χ2n) is 6.31. The first kappa shape index (κ1) is 18.7. The maximum absolute atomic E-state index is 13.8. The number of nitrogens with zero attached hydrogens (tertiary/aromatic N) is 2. The smallest absolute Gasteiger partial charge is 0.220 e. The topological polar surface area (TPSA) is 61.6 Å². The summed E-state index contributed by atoms with van der Waals surface area (Å²) in [6.07, 6.45) is 1.06. The zero-order chi connectivity index (χ0) is 17.5. The molecule has 1 aliphatic rings. The van der Waals surface area contributed by atoms with Gasteiger partial charge in [-0.25, -0.2) is 4.39 Å². The fourth-order valence-electron chi connectivity index (χ4n) is 3.12. The van der Waals surface area contributed by atoms with Crippen molar-refractivity contribution >= 4 is 11.6 Å². The Kier molecular flexibility index (Phi) is 6.99. The molecule has 0 saturated carbocycles. The van der Waals surface area contributed by atoms with E-state index in [1.165, 1.54) is 12.1 Å². The monoisotopic (exact) mass is 336 g/mol. The summed E-state index contributed by atoms with van der Waals surface area (Å²) in [4.78, 5) is 16.6. The van der Waals surface area contributed by atoms with Crippen LogP contribution in [0.15, 0.2) is 18.2 Å². The highest BCUT2D eigenvalue weighted by Crippen LogP contribution is 2.28. The SMILES string of the molecule is CCN1CCN(c2ccc(F)cc2C(C)NC(=O)CCCN)CC1. The van der Waals surface area contributed by atoms with Crippen molar-refractivity contribution in [2.45, 2.75) is 32.7 Å². The van der Waals surface area contributed by atoms with Crippen LogP contribution in [0.1, 0.15) is 38.3 Å². The number of rotatable bonds is 7. The van der Waals surface area contributed by atoms with E-state index in [-0.39, 0.29) is 17.8 Å². The third kappa shape index (κ3) is 4.92. The molecule has 1 amide bonds. The molecule has 1 aromatic rings. The van der Waals surface area contributed by atoms with Gasteiger partial charge in [0.05, 0.1) is 6.04 Å². The van der Waals surface area contributed by atoms with Gasteiger partial charge in [0.2, 0.25) is 5.91 Å². The number of anilines is 1. The lowest BCUT2D eigenvalue weighted by Crippen LogP contribution is -2.46. The molecule has 24 heavy (non-hydrogen) atoms. The van der Waals surface area contributed by atoms with Gasteiger partial charge in [0.25, 0.3) is 0 Å². The summed E-state index contributed by atoms with van der Waals surface area (Å²) in [7, 11) is 0. The van der Waals surface area contributed by atoms with Crippen LogP contribution in [0.5, 0.6) is 0 Å². The second-order valence-corrected chi connectivity index (χ2v) is 6.31. The van der Waals surface area contributed by atoms with Crippen molar-refractivity contribution in [3.63, 3.8) is 0 Å². The molecule has 0 aromatic heterocycles. The number of hydrogen-bond donors (Lipinski definition) is 2. The molecule has 0 bridgehead atoms. The number of nitrogens with two attached hydrogens (primary N) is 1. The molecule has 134 valence electrons. The standard InChI is InChI=1S/C18H29FN4O/c1-3-22-9-11-23(12-10-22)17-7-6-15(19)13-16(17)14(2)21-18(24)5-4-8-20/h6-7,13-14H,3-5,8-12,20H2,1-2H3,(H,21,24). The number of carbonyl (C=O) groups is 1. The number of hydrogen-bond acceptors (Lipinski definition) is 4. The Bertz CT molecular complexity index is 544. The van der Waals surface area contributed by atoms with Gasteiger partial charge in [0.1, 0.15) is 5.82 Å². The van der Waals surface area contributed by atoms with Crippen molar-refractivity contribution in [2.24, 2.45) is 5.73 Å². The molecule has 2 rings (SSSR count). The minimum absolute atomic E-state index is 0.0426. The van der Waals surface area contributed by atoms with Crippen molar-refractivity contribution in [1.29, 1.82) is 0 Å². The van der Waals surface area contributed by atoms with Crippen LogP contribution in [0.25, 0.3) is 0 Å². The molecule has 0 radical (unpaired) electrons. The fraction of sp³-hybridized carbons (Fsp3) is 0.611. The molecule has 1 aliphatic heterocycles. The highest BCUT2D eigenvalue weighted by molar-refractivity contribution is 5.76. The molecule has 1 heterocycles. The molecular weight excluding hydrogens is 307 g/mol. The van der Waals surface area contributed by atoms with E-state index in [0.29, 0.717) is 19.4 Å². The lowest BCUT2D eigenvalue weighted by Gasteiger charge is -2.37. The van der Waals surface area contributed by atoms with E-state index < -0.39 is 0 Å². The van der Waals surface area contributed by atoms with E-state index in [1.807, 2.05) is 13.0 Å². The maximum Gasteiger partial charge on any atom is 0.220 e. The summed E-state index contributed by atoms with van der Waals surface area (Å²) in [6, 6.07) is 4.63. The number of benzene rings is 1. The number of likely N-dealkylation sites (N-methyl/N-ethyl adjacent to an activating group) is 1. The van der Waals surface area contributed by atoms with Crippen molar-refractivity contribution in [3.05, 3.63) is 29.6 Å². The summed E-state index contributed by atoms with van der Waals surface area (Å²) < 4.78 is 13.8. The quantitative estimate of drug-likeness (QED) is 0.798. The molecule has 0 spiro atoms. The average molecular weight is 336 g/mol. The van der Waals surface area contributed by atoms with E-state index >= 15 is 0 Å². The van der Waals surface area contributed by atoms with Gasteiger partial charge in [0, 0.05) is 43.9 Å². The van der Waals surface area contributed by atoms with Crippen LogP contribution in [0.2, 0.25) is 0 Å². The van der Waals surface area contributed by atoms with Crippen LogP contribution in [0.3, 0.4) is 0 Å². The van der Waals surface area contributed by atoms with Crippen LogP contribution in [-0.2, 0) is 4.79 Å². The summed E-state index contributed by atoms with van der Waals surface area (Å²) in [5.41, 5.74) is 7.29. The molecule has 0 aliphatic carbocycles. The average Bonchev–Trinajstić information content (AvgIpc) is 2.60. The highest BCUT2D eigenvalue weighted by atomic mass is 19.1. The number of carbonyl (C=O) groups excluding carboxylic acids is 1. The third-order valence-corrected chi connectivity index (χ3v) is 4.60. The van der Waals surface area contributed by atoms with Gasteiger partial charge in [0.15, 0.2) is 0 Å². The Morgan fingerprint density at radius 3 is 2.67 bits per heavy atom. The molecule has 1 atom stereocenters. The summed E-state index contributed by atoms with van der Waals surface area (Å²) in [6.45, 7) is 9.46. The van der Waals surface area contributed by atoms with E-state index in [9.17, 15) is 9.18 Å². The maximum atomic E-state index is 13.8. The Hall–Kier alpha value is -1.66. The van der Waals surface area contributed by atoms with Crippen LogP contribution >= 0.6 is 0 Å². The van der Waals surface area contributed by atoms with Crippen molar-refractivity contribution in [3.8, 4) is 0 Å².